The average Bonchev–Trinajstić information content (AvgIpc) is 2.30. The maximum absolute atomic E-state index is 11.2. The number of hydrogen-bond acceptors (Lipinski definition) is 4. The first-order valence-corrected chi connectivity index (χ1v) is 5.66. The maximum Gasteiger partial charge on any atom is 0.344 e. The second-order valence-electron chi connectivity index (χ2n) is 3.67. The van der Waals surface area contributed by atoms with Crippen LogP contribution in [-0.2, 0) is 16.0 Å². The van der Waals surface area contributed by atoms with Gasteiger partial charge in [-0.1, -0.05) is 12.1 Å². The van der Waals surface area contributed by atoms with E-state index in [2.05, 4.69) is 0 Å². The Hall–Kier alpha value is -1.55. The molecule has 0 amide bonds. The average molecular weight is 238 g/mol. The molecule has 17 heavy (non-hydrogen) atoms. The van der Waals surface area contributed by atoms with Crippen molar-refractivity contribution in [2.75, 3.05) is 19.8 Å². The lowest BCUT2D eigenvalue weighted by atomic mass is 10.1. The SMILES string of the molecule is CCOC(=O)COc1cc(CCO)ccc1C. The smallest absolute Gasteiger partial charge is 0.344 e. The molecular weight excluding hydrogens is 220 g/mol. The van der Waals surface area contributed by atoms with Crippen molar-refractivity contribution in [3.05, 3.63) is 29.3 Å². The van der Waals surface area contributed by atoms with Crippen molar-refractivity contribution in [3.8, 4) is 5.75 Å². The number of carbonyl (C=O) groups excluding carboxylic acids is 1. The van der Waals surface area contributed by atoms with Gasteiger partial charge in [0.05, 0.1) is 6.61 Å². The van der Waals surface area contributed by atoms with Crippen molar-refractivity contribution in [1.82, 2.24) is 0 Å². The third-order valence-electron chi connectivity index (χ3n) is 2.30. The Balaban J connectivity index is 2.62. The zero-order chi connectivity index (χ0) is 12.7. The van der Waals surface area contributed by atoms with Crippen LogP contribution in [-0.4, -0.2) is 30.9 Å². The summed E-state index contributed by atoms with van der Waals surface area (Å²) in [4.78, 5) is 11.2. The molecule has 0 bridgehead atoms. The molecule has 0 saturated heterocycles. The van der Waals surface area contributed by atoms with Gasteiger partial charge in [0.2, 0.25) is 0 Å². The van der Waals surface area contributed by atoms with E-state index in [4.69, 9.17) is 14.6 Å². The van der Waals surface area contributed by atoms with Crippen LogP contribution in [0.3, 0.4) is 0 Å². The van der Waals surface area contributed by atoms with Gasteiger partial charge in [0.25, 0.3) is 0 Å². The van der Waals surface area contributed by atoms with E-state index in [-0.39, 0.29) is 19.2 Å². The minimum Gasteiger partial charge on any atom is -0.482 e. The summed E-state index contributed by atoms with van der Waals surface area (Å²) in [6.45, 7) is 4.03. The summed E-state index contributed by atoms with van der Waals surface area (Å²) in [6.07, 6.45) is 0.579. The van der Waals surface area contributed by atoms with Gasteiger partial charge in [-0.25, -0.2) is 4.79 Å². The van der Waals surface area contributed by atoms with Gasteiger partial charge >= 0.3 is 5.97 Å². The first kappa shape index (κ1) is 13.5. The number of carbonyl (C=O) groups is 1. The summed E-state index contributed by atoms with van der Waals surface area (Å²) >= 11 is 0. The van der Waals surface area contributed by atoms with Crippen LogP contribution in [0, 0.1) is 6.92 Å². The van der Waals surface area contributed by atoms with Gasteiger partial charge in [-0.2, -0.15) is 0 Å². The molecular formula is C13H18O4. The Morgan fingerprint density at radius 3 is 2.82 bits per heavy atom. The lowest BCUT2D eigenvalue weighted by Crippen LogP contribution is -2.15. The number of ether oxygens (including phenoxy) is 2. The predicted octanol–water partition coefficient (Wildman–Crippen LogP) is 1.47. The number of esters is 1. The number of benzene rings is 1. The third kappa shape index (κ3) is 4.44. The van der Waals surface area contributed by atoms with Crippen LogP contribution in [0.25, 0.3) is 0 Å². The van der Waals surface area contributed by atoms with Gasteiger partial charge in [-0.3, -0.25) is 0 Å². The maximum atomic E-state index is 11.2. The van der Waals surface area contributed by atoms with Gasteiger partial charge in [0, 0.05) is 6.61 Å². The van der Waals surface area contributed by atoms with Gasteiger partial charge < -0.3 is 14.6 Å². The van der Waals surface area contributed by atoms with Crippen molar-refractivity contribution in [2.45, 2.75) is 20.3 Å². The molecule has 1 N–H and O–H groups in total. The Kier molecular flexibility index (Phi) is 5.49. The molecule has 0 aliphatic heterocycles. The third-order valence-corrected chi connectivity index (χ3v) is 2.30. The van der Waals surface area contributed by atoms with Gasteiger partial charge in [-0.15, -0.1) is 0 Å². The molecule has 94 valence electrons. The highest BCUT2D eigenvalue weighted by Crippen LogP contribution is 2.19. The largest absolute Gasteiger partial charge is 0.482 e. The summed E-state index contributed by atoms with van der Waals surface area (Å²) < 4.78 is 10.2. The summed E-state index contributed by atoms with van der Waals surface area (Å²) in [7, 11) is 0. The summed E-state index contributed by atoms with van der Waals surface area (Å²) in [5.41, 5.74) is 1.94. The van der Waals surface area contributed by atoms with E-state index < -0.39 is 0 Å². The molecule has 0 aliphatic rings. The molecule has 1 rings (SSSR count). The molecule has 0 aromatic heterocycles. The highest BCUT2D eigenvalue weighted by Gasteiger charge is 2.06. The number of aryl methyl sites for hydroxylation is 1. The molecule has 1 aromatic rings. The van der Waals surface area contributed by atoms with Crippen molar-refractivity contribution >= 4 is 5.97 Å². The quantitative estimate of drug-likeness (QED) is 0.762. The number of aliphatic hydroxyl groups excluding tert-OH is 1. The van der Waals surface area contributed by atoms with E-state index in [1.54, 1.807) is 6.92 Å². The molecule has 4 nitrogen and oxygen atoms in total. The Morgan fingerprint density at radius 2 is 2.18 bits per heavy atom. The van der Waals surface area contributed by atoms with Crippen LogP contribution in [0.1, 0.15) is 18.1 Å². The molecule has 0 spiro atoms. The number of aliphatic hydroxyl groups is 1. The van der Waals surface area contributed by atoms with Crippen LogP contribution < -0.4 is 4.74 Å². The van der Waals surface area contributed by atoms with Crippen molar-refractivity contribution in [1.29, 1.82) is 0 Å². The van der Waals surface area contributed by atoms with Gasteiger partial charge in [-0.05, 0) is 37.5 Å². The first-order valence-electron chi connectivity index (χ1n) is 5.66. The van der Waals surface area contributed by atoms with Crippen molar-refractivity contribution in [2.24, 2.45) is 0 Å². The number of rotatable bonds is 6. The molecule has 4 heteroatoms. The van der Waals surface area contributed by atoms with E-state index in [0.29, 0.717) is 18.8 Å². The molecule has 0 fully saturated rings. The normalized spacial score (nSPS) is 10.1. The van der Waals surface area contributed by atoms with Crippen molar-refractivity contribution in [3.63, 3.8) is 0 Å². The topological polar surface area (TPSA) is 55.8 Å². The summed E-state index contributed by atoms with van der Waals surface area (Å²) in [5, 5.41) is 8.85. The Labute approximate surface area is 101 Å². The van der Waals surface area contributed by atoms with Crippen LogP contribution >= 0.6 is 0 Å². The number of hydrogen-bond donors (Lipinski definition) is 1. The summed E-state index contributed by atoms with van der Waals surface area (Å²) in [5.74, 6) is 0.281. The second kappa shape index (κ2) is 6.91. The van der Waals surface area contributed by atoms with E-state index in [0.717, 1.165) is 11.1 Å². The monoisotopic (exact) mass is 238 g/mol. The lowest BCUT2D eigenvalue weighted by Gasteiger charge is -2.10. The van der Waals surface area contributed by atoms with Crippen LogP contribution in [0.2, 0.25) is 0 Å². The van der Waals surface area contributed by atoms with E-state index in [1.807, 2.05) is 25.1 Å². The molecule has 0 radical (unpaired) electrons. The molecule has 0 atom stereocenters. The standard InChI is InChI=1S/C13H18O4/c1-3-16-13(15)9-17-12-8-11(6-7-14)5-4-10(12)2/h4-5,8,14H,3,6-7,9H2,1-2H3. The highest BCUT2D eigenvalue weighted by molar-refractivity contribution is 5.71. The molecule has 0 saturated carbocycles. The summed E-state index contributed by atoms with van der Waals surface area (Å²) in [6, 6.07) is 5.68. The minimum atomic E-state index is -0.375. The fourth-order valence-electron chi connectivity index (χ4n) is 1.42. The first-order chi connectivity index (χ1) is 8.17. The lowest BCUT2D eigenvalue weighted by molar-refractivity contribution is -0.145. The Morgan fingerprint density at radius 1 is 1.41 bits per heavy atom. The van der Waals surface area contributed by atoms with Gasteiger partial charge in [0.1, 0.15) is 5.75 Å². The highest BCUT2D eigenvalue weighted by atomic mass is 16.6. The predicted molar refractivity (Wildman–Crippen MR) is 64.1 cm³/mol. The minimum absolute atomic E-state index is 0.0861. The molecule has 0 heterocycles. The van der Waals surface area contributed by atoms with E-state index in [9.17, 15) is 4.79 Å². The second-order valence-corrected chi connectivity index (χ2v) is 3.67. The van der Waals surface area contributed by atoms with Crippen molar-refractivity contribution < 1.29 is 19.4 Å². The van der Waals surface area contributed by atoms with Crippen LogP contribution in [0.15, 0.2) is 18.2 Å². The molecule has 0 unspecified atom stereocenters. The Bertz CT molecular complexity index is 374. The van der Waals surface area contributed by atoms with E-state index in [1.165, 1.54) is 0 Å². The van der Waals surface area contributed by atoms with Crippen LogP contribution in [0.5, 0.6) is 5.75 Å². The van der Waals surface area contributed by atoms with Gasteiger partial charge in [0.15, 0.2) is 6.61 Å². The fourth-order valence-corrected chi connectivity index (χ4v) is 1.42. The van der Waals surface area contributed by atoms with E-state index >= 15 is 0 Å². The zero-order valence-electron chi connectivity index (χ0n) is 10.2. The molecule has 1 aromatic carbocycles. The van der Waals surface area contributed by atoms with Crippen LogP contribution in [0.4, 0.5) is 0 Å². The zero-order valence-corrected chi connectivity index (χ0v) is 10.2. The molecule has 0 aliphatic carbocycles. The fraction of sp³-hybridized carbons (Fsp3) is 0.462.